The first-order valence-corrected chi connectivity index (χ1v) is 4.85. The minimum absolute atomic E-state index is 0.534. The summed E-state index contributed by atoms with van der Waals surface area (Å²) in [6, 6.07) is 3.97. The van der Waals surface area contributed by atoms with E-state index in [0.29, 0.717) is 5.15 Å². The number of fused-ring (bicyclic) bond motifs is 1. The van der Waals surface area contributed by atoms with E-state index in [2.05, 4.69) is 19.9 Å². The molecule has 0 unspecified atom stereocenters. The Kier molecular flexibility index (Phi) is 1.76. The summed E-state index contributed by atoms with van der Waals surface area (Å²) in [6.07, 6.45) is 5.17. The Labute approximate surface area is 90.3 Å². The van der Waals surface area contributed by atoms with Crippen molar-refractivity contribution in [3.8, 4) is 11.3 Å². The molecule has 0 saturated carbocycles. The van der Waals surface area contributed by atoms with Crippen LogP contribution in [0.1, 0.15) is 0 Å². The first-order valence-electron chi connectivity index (χ1n) is 4.47. The summed E-state index contributed by atoms with van der Waals surface area (Å²) in [5.41, 5.74) is 2.51. The van der Waals surface area contributed by atoms with Crippen molar-refractivity contribution in [1.82, 2.24) is 19.9 Å². The Morgan fingerprint density at radius 1 is 1.20 bits per heavy atom. The van der Waals surface area contributed by atoms with Gasteiger partial charge in [0.05, 0.1) is 6.33 Å². The van der Waals surface area contributed by atoms with E-state index in [-0.39, 0.29) is 0 Å². The number of hydrogen-bond acceptors (Lipinski definition) is 2. The normalized spacial score (nSPS) is 11.0. The smallest absolute Gasteiger partial charge is 0.137 e. The Morgan fingerprint density at radius 2 is 2.13 bits per heavy atom. The first kappa shape index (κ1) is 8.49. The lowest BCUT2D eigenvalue weighted by molar-refractivity contribution is 1.30. The van der Waals surface area contributed by atoms with E-state index >= 15 is 0 Å². The molecule has 0 aliphatic carbocycles. The van der Waals surface area contributed by atoms with Crippen molar-refractivity contribution in [1.29, 1.82) is 0 Å². The SMILES string of the molecule is Clc1[nH]cnc1-c1cnc2[nH]ccc2c1. The number of pyridine rings is 1. The molecule has 0 amide bonds. The van der Waals surface area contributed by atoms with Gasteiger partial charge in [0, 0.05) is 23.3 Å². The van der Waals surface area contributed by atoms with Gasteiger partial charge in [-0.3, -0.25) is 0 Å². The Hall–Kier alpha value is -1.81. The molecule has 0 aliphatic rings. The molecule has 0 spiro atoms. The second-order valence-corrected chi connectivity index (χ2v) is 3.58. The first-order chi connectivity index (χ1) is 7.34. The van der Waals surface area contributed by atoms with Crippen LogP contribution < -0.4 is 0 Å². The molecule has 4 nitrogen and oxygen atoms in total. The number of rotatable bonds is 1. The lowest BCUT2D eigenvalue weighted by Crippen LogP contribution is -1.82. The zero-order valence-corrected chi connectivity index (χ0v) is 8.42. The van der Waals surface area contributed by atoms with Gasteiger partial charge in [-0.1, -0.05) is 11.6 Å². The molecule has 0 atom stereocenters. The third-order valence-corrected chi connectivity index (χ3v) is 2.55. The van der Waals surface area contributed by atoms with Crippen molar-refractivity contribution in [2.24, 2.45) is 0 Å². The Morgan fingerprint density at radius 3 is 2.93 bits per heavy atom. The lowest BCUT2D eigenvalue weighted by atomic mass is 10.2. The molecule has 74 valence electrons. The monoisotopic (exact) mass is 218 g/mol. The summed E-state index contributed by atoms with van der Waals surface area (Å²) in [5.74, 6) is 0. The summed E-state index contributed by atoms with van der Waals surface area (Å²) < 4.78 is 0. The third kappa shape index (κ3) is 1.30. The summed E-state index contributed by atoms with van der Waals surface area (Å²) in [4.78, 5) is 14.3. The molecule has 0 aromatic carbocycles. The summed E-state index contributed by atoms with van der Waals surface area (Å²) in [5, 5.41) is 1.58. The number of hydrogen-bond donors (Lipinski definition) is 2. The molecule has 3 aromatic heterocycles. The average Bonchev–Trinajstić information content (AvgIpc) is 2.84. The van der Waals surface area contributed by atoms with Crippen molar-refractivity contribution >= 4 is 22.6 Å². The molecule has 3 aromatic rings. The van der Waals surface area contributed by atoms with Crippen LogP contribution in [0, 0.1) is 0 Å². The van der Waals surface area contributed by atoms with Gasteiger partial charge < -0.3 is 9.97 Å². The maximum atomic E-state index is 5.95. The largest absolute Gasteiger partial charge is 0.346 e. The molecule has 5 heteroatoms. The number of aromatic amines is 2. The highest BCUT2D eigenvalue weighted by molar-refractivity contribution is 6.31. The van der Waals surface area contributed by atoms with Crippen LogP contribution in [0.2, 0.25) is 5.15 Å². The molecule has 15 heavy (non-hydrogen) atoms. The van der Waals surface area contributed by atoms with Gasteiger partial charge in [0.1, 0.15) is 16.5 Å². The van der Waals surface area contributed by atoms with Crippen LogP contribution in [0.25, 0.3) is 22.3 Å². The zero-order chi connectivity index (χ0) is 10.3. The van der Waals surface area contributed by atoms with Gasteiger partial charge in [-0.05, 0) is 12.1 Å². The van der Waals surface area contributed by atoms with E-state index in [4.69, 9.17) is 11.6 Å². The fourth-order valence-corrected chi connectivity index (χ4v) is 1.76. The zero-order valence-electron chi connectivity index (χ0n) is 7.66. The fraction of sp³-hybridized carbons (Fsp3) is 0. The van der Waals surface area contributed by atoms with E-state index in [9.17, 15) is 0 Å². The van der Waals surface area contributed by atoms with Gasteiger partial charge in [-0.15, -0.1) is 0 Å². The van der Waals surface area contributed by atoms with Crippen LogP contribution in [-0.2, 0) is 0 Å². The molecule has 0 radical (unpaired) electrons. The van der Waals surface area contributed by atoms with Crippen LogP contribution in [0.4, 0.5) is 0 Å². The van der Waals surface area contributed by atoms with Crippen molar-refractivity contribution in [2.75, 3.05) is 0 Å². The van der Waals surface area contributed by atoms with E-state index < -0.39 is 0 Å². The third-order valence-electron chi connectivity index (χ3n) is 2.27. The van der Waals surface area contributed by atoms with Crippen molar-refractivity contribution in [3.05, 3.63) is 36.0 Å². The van der Waals surface area contributed by atoms with E-state index in [1.807, 2.05) is 18.3 Å². The Balaban J connectivity index is 2.23. The maximum Gasteiger partial charge on any atom is 0.137 e. The van der Waals surface area contributed by atoms with Crippen LogP contribution in [-0.4, -0.2) is 19.9 Å². The van der Waals surface area contributed by atoms with Crippen LogP contribution in [0.15, 0.2) is 30.9 Å². The number of aromatic nitrogens is 4. The summed E-state index contributed by atoms with van der Waals surface area (Å²) >= 11 is 5.95. The molecule has 2 N–H and O–H groups in total. The van der Waals surface area contributed by atoms with Crippen LogP contribution >= 0.6 is 11.6 Å². The highest BCUT2D eigenvalue weighted by Crippen LogP contribution is 2.25. The van der Waals surface area contributed by atoms with Gasteiger partial charge in [0.2, 0.25) is 0 Å². The summed E-state index contributed by atoms with van der Waals surface area (Å²) in [6.45, 7) is 0. The molecule has 0 bridgehead atoms. The number of nitrogens with zero attached hydrogens (tertiary/aromatic N) is 2. The molecular formula is C10H7ClN4. The minimum Gasteiger partial charge on any atom is -0.346 e. The second-order valence-electron chi connectivity index (χ2n) is 3.20. The molecule has 3 heterocycles. The van der Waals surface area contributed by atoms with Gasteiger partial charge >= 0.3 is 0 Å². The minimum atomic E-state index is 0.534. The number of nitrogens with one attached hydrogen (secondary N) is 2. The van der Waals surface area contributed by atoms with E-state index in [0.717, 1.165) is 22.3 Å². The van der Waals surface area contributed by atoms with Gasteiger partial charge in [0.15, 0.2) is 0 Å². The van der Waals surface area contributed by atoms with Gasteiger partial charge in [-0.2, -0.15) is 0 Å². The molecule has 0 aliphatic heterocycles. The van der Waals surface area contributed by atoms with Crippen molar-refractivity contribution < 1.29 is 0 Å². The molecule has 0 fully saturated rings. The molecule has 3 rings (SSSR count). The van der Waals surface area contributed by atoms with Crippen molar-refractivity contribution in [2.45, 2.75) is 0 Å². The molecular weight excluding hydrogens is 212 g/mol. The average molecular weight is 219 g/mol. The number of imidazole rings is 1. The van der Waals surface area contributed by atoms with E-state index in [1.54, 1.807) is 12.5 Å². The molecule has 0 saturated heterocycles. The highest BCUT2D eigenvalue weighted by atomic mass is 35.5. The standard InChI is InChI=1S/C10H7ClN4/c11-9-8(14-5-15-9)7-3-6-1-2-12-10(6)13-4-7/h1-5H,(H,12,13)(H,14,15). The van der Waals surface area contributed by atoms with Gasteiger partial charge in [0.25, 0.3) is 0 Å². The second kappa shape index (κ2) is 3.10. The summed E-state index contributed by atoms with van der Waals surface area (Å²) in [7, 11) is 0. The quantitative estimate of drug-likeness (QED) is 0.660. The number of halogens is 1. The predicted octanol–water partition coefficient (Wildman–Crippen LogP) is 2.61. The highest BCUT2D eigenvalue weighted by Gasteiger charge is 2.07. The number of H-pyrrole nitrogens is 2. The van der Waals surface area contributed by atoms with Crippen LogP contribution in [0.3, 0.4) is 0 Å². The Bertz CT molecular complexity index is 610. The van der Waals surface area contributed by atoms with Crippen molar-refractivity contribution in [3.63, 3.8) is 0 Å². The van der Waals surface area contributed by atoms with Gasteiger partial charge in [-0.25, -0.2) is 9.97 Å². The maximum absolute atomic E-state index is 5.95. The predicted molar refractivity (Wildman–Crippen MR) is 58.7 cm³/mol. The topological polar surface area (TPSA) is 57.4 Å². The fourth-order valence-electron chi connectivity index (χ4n) is 1.55. The van der Waals surface area contributed by atoms with E-state index in [1.165, 1.54) is 0 Å². The lowest BCUT2D eigenvalue weighted by Gasteiger charge is -1.97. The van der Waals surface area contributed by atoms with Crippen LogP contribution in [0.5, 0.6) is 0 Å².